The molecule has 8 heteroatoms. The third-order valence-electron chi connectivity index (χ3n) is 5.17. The van der Waals surface area contributed by atoms with Crippen LogP contribution in [0.3, 0.4) is 0 Å². The molecule has 1 aliphatic heterocycles. The van der Waals surface area contributed by atoms with Gasteiger partial charge in [-0.1, -0.05) is 12.1 Å². The molecule has 0 saturated heterocycles. The van der Waals surface area contributed by atoms with Crippen LogP contribution in [0, 0.1) is 24.0 Å². The second-order valence-corrected chi connectivity index (χ2v) is 7.61. The third-order valence-corrected chi connectivity index (χ3v) is 5.17. The van der Waals surface area contributed by atoms with Crippen LogP contribution in [0.5, 0.6) is 0 Å². The van der Waals surface area contributed by atoms with E-state index in [1.54, 1.807) is 0 Å². The minimum absolute atomic E-state index is 0.0255. The molecule has 0 fully saturated rings. The summed E-state index contributed by atoms with van der Waals surface area (Å²) >= 11 is 0. The Hall–Kier alpha value is -3.52. The number of nitro benzene ring substituents is 1. The Kier molecular flexibility index (Phi) is 6.50. The van der Waals surface area contributed by atoms with Gasteiger partial charge in [0.2, 0.25) is 0 Å². The Balaban J connectivity index is 2.01. The predicted molar refractivity (Wildman–Crippen MR) is 117 cm³/mol. The minimum atomic E-state index is -0.509. The molecule has 162 valence electrons. The second kappa shape index (κ2) is 9.09. The fraction of sp³-hybridized carbons (Fsp3) is 0.304. The first-order chi connectivity index (χ1) is 14.7. The molecule has 8 nitrogen and oxygen atoms in total. The van der Waals surface area contributed by atoms with Crippen LogP contribution in [-0.4, -0.2) is 40.9 Å². The van der Waals surface area contributed by atoms with Crippen molar-refractivity contribution in [1.29, 1.82) is 0 Å². The number of nitrogens with zero attached hydrogens (tertiary/aromatic N) is 2. The number of nitrogens with one attached hydrogen (secondary N) is 1. The van der Waals surface area contributed by atoms with E-state index in [0.717, 1.165) is 21.7 Å². The Morgan fingerprint density at radius 2 is 1.74 bits per heavy atom. The topological polar surface area (TPSA) is 102 Å². The molecule has 1 N–H and O–H groups in total. The zero-order valence-corrected chi connectivity index (χ0v) is 18.0. The molecule has 1 aliphatic rings. The van der Waals surface area contributed by atoms with Crippen LogP contribution in [0.15, 0.2) is 48.2 Å². The fourth-order valence-corrected chi connectivity index (χ4v) is 3.31. The Bertz CT molecular complexity index is 1060. The highest BCUT2D eigenvalue weighted by Gasteiger charge is 2.39. The molecule has 2 aromatic rings. The lowest BCUT2D eigenvalue weighted by Crippen LogP contribution is -2.35. The Morgan fingerprint density at radius 1 is 1.06 bits per heavy atom. The van der Waals surface area contributed by atoms with E-state index >= 15 is 0 Å². The van der Waals surface area contributed by atoms with Crippen molar-refractivity contribution in [3.8, 4) is 0 Å². The summed E-state index contributed by atoms with van der Waals surface area (Å²) in [5.74, 6) is -0.911. The van der Waals surface area contributed by atoms with Crippen molar-refractivity contribution in [3.05, 3.63) is 75.0 Å². The van der Waals surface area contributed by atoms with Crippen molar-refractivity contribution in [2.24, 2.45) is 0 Å². The lowest BCUT2D eigenvalue weighted by Gasteiger charge is -2.17. The van der Waals surface area contributed by atoms with Crippen molar-refractivity contribution in [2.45, 2.75) is 33.8 Å². The van der Waals surface area contributed by atoms with Crippen molar-refractivity contribution in [3.63, 3.8) is 0 Å². The fourth-order valence-electron chi connectivity index (χ4n) is 3.31. The summed E-state index contributed by atoms with van der Waals surface area (Å²) < 4.78 is 5.51. The number of hydrogen-bond acceptors (Lipinski definition) is 6. The molecule has 2 amide bonds. The number of amides is 2. The van der Waals surface area contributed by atoms with Gasteiger partial charge in [0.05, 0.1) is 29.8 Å². The van der Waals surface area contributed by atoms with Crippen LogP contribution < -0.4 is 5.32 Å². The molecule has 2 aromatic carbocycles. The monoisotopic (exact) mass is 423 g/mol. The number of non-ortho nitro benzene ring substituents is 1. The van der Waals surface area contributed by atoms with E-state index < -0.39 is 16.7 Å². The van der Waals surface area contributed by atoms with Gasteiger partial charge in [-0.3, -0.25) is 24.6 Å². The van der Waals surface area contributed by atoms with E-state index in [4.69, 9.17) is 4.74 Å². The smallest absolute Gasteiger partial charge is 0.278 e. The van der Waals surface area contributed by atoms with Gasteiger partial charge < -0.3 is 10.1 Å². The van der Waals surface area contributed by atoms with Crippen LogP contribution in [0.4, 0.5) is 11.4 Å². The molecule has 0 atom stereocenters. The molecule has 0 aliphatic carbocycles. The van der Waals surface area contributed by atoms with Gasteiger partial charge in [0, 0.05) is 17.8 Å². The summed E-state index contributed by atoms with van der Waals surface area (Å²) in [5.41, 5.74) is 3.40. The Morgan fingerprint density at radius 3 is 2.35 bits per heavy atom. The lowest BCUT2D eigenvalue weighted by atomic mass is 10.0. The number of anilines is 1. The zero-order chi connectivity index (χ0) is 22.7. The highest BCUT2D eigenvalue weighted by molar-refractivity contribution is 6.36. The number of ether oxygens (including phenoxy) is 1. The summed E-state index contributed by atoms with van der Waals surface area (Å²) in [6.07, 6.45) is -0.0255. The largest absolute Gasteiger partial charge is 0.377 e. The molecular weight excluding hydrogens is 398 g/mol. The van der Waals surface area contributed by atoms with Crippen molar-refractivity contribution in [1.82, 2.24) is 4.90 Å². The summed E-state index contributed by atoms with van der Waals surface area (Å²) in [6.45, 7) is 7.98. The molecule has 0 saturated carbocycles. The van der Waals surface area contributed by atoms with Gasteiger partial charge in [0.1, 0.15) is 5.70 Å². The van der Waals surface area contributed by atoms with E-state index in [0.29, 0.717) is 5.56 Å². The van der Waals surface area contributed by atoms with E-state index in [2.05, 4.69) is 5.32 Å². The van der Waals surface area contributed by atoms with E-state index in [-0.39, 0.29) is 36.2 Å². The van der Waals surface area contributed by atoms with E-state index in [1.807, 2.05) is 45.9 Å². The first kappa shape index (κ1) is 22.2. The molecule has 0 radical (unpaired) electrons. The maximum Gasteiger partial charge on any atom is 0.278 e. The maximum atomic E-state index is 13.2. The van der Waals surface area contributed by atoms with Gasteiger partial charge in [-0.15, -0.1) is 0 Å². The SMILES string of the molecule is Cc1cccc(NC2=C(c3ccc([N+](=O)[O-])cc3)C(=O)N(CCOC(C)C)C2=O)c1C. The summed E-state index contributed by atoms with van der Waals surface area (Å²) in [6, 6.07) is 11.3. The van der Waals surface area contributed by atoms with Crippen LogP contribution in [0.1, 0.15) is 30.5 Å². The summed E-state index contributed by atoms with van der Waals surface area (Å²) in [4.78, 5) is 38.0. The molecule has 3 rings (SSSR count). The molecular formula is C23H25N3O5. The minimum Gasteiger partial charge on any atom is -0.377 e. The van der Waals surface area contributed by atoms with E-state index in [9.17, 15) is 19.7 Å². The number of aryl methyl sites for hydroxylation is 1. The van der Waals surface area contributed by atoms with Gasteiger partial charge in [-0.25, -0.2) is 0 Å². The van der Waals surface area contributed by atoms with Gasteiger partial charge >= 0.3 is 0 Å². The van der Waals surface area contributed by atoms with Crippen LogP contribution >= 0.6 is 0 Å². The van der Waals surface area contributed by atoms with Gasteiger partial charge in [-0.2, -0.15) is 0 Å². The predicted octanol–water partition coefficient (Wildman–Crippen LogP) is 3.83. The van der Waals surface area contributed by atoms with Gasteiger partial charge in [0.25, 0.3) is 17.5 Å². The lowest BCUT2D eigenvalue weighted by molar-refractivity contribution is -0.384. The van der Waals surface area contributed by atoms with Gasteiger partial charge in [-0.05, 0) is 62.6 Å². The highest BCUT2D eigenvalue weighted by atomic mass is 16.6. The standard InChI is InChI=1S/C23H25N3O5/c1-14(2)31-13-12-25-22(27)20(17-8-10-18(11-9-17)26(29)30)21(23(25)28)24-19-7-5-6-15(3)16(19)4/h5-11,14,24H,12-13H2,1-4H3. The molecule has 0 spiro atoms. The van der Waals surface area contributed by atoms with Crippen molar-refractivity contribution in [2.75, 3.05) is 18.5 Å². The molecule has 0 unspecified atom stereocenters. The van der Waals surface area contributed by atoms with Crippen LogP contribution in [0.25, 0.3) is 5.57 Å². The van der Waals surface area contributed by atoms with Crippen molar-refractivity contribution < 1.29 is 19.2 Å². The number of rotatable bonds is 8. The van der Waals surface area contributed by atoms with Crippen LogP contribution in [-0.2, 0) is 14.3 Å². The maximum absolute atomic E-state index is 13.2. The first-order valence-electron chi connectivity index (χ1n) is 10.0. The number of imide groups is 1. The zero-order valence-electron chi connectivity index (χ0n) is 18.0. The number of carbonyl (C=O) groups excluding carboxylic acids is 2. The Labute approximate surface area is 180 Å². The second-order valence-electron chi connectivity index (χ2n) is 7.61. The molecule has 31 heavy (non-hydrogen) atoms. The summed E-state index contributed by atoms with van der Waals surface area (Å²) in [7, 11) is 0. The van der Waals surface area contributed by atoms with E-state index in [1.165, 1.54) is 24.3 Å². The normalized spacial score (nSPS) is 14.0. The number of nitro groups is 1. The molecule has 0 bridgehead atoms. The third kappa shape index (κ3) is 4.64. The highest BCUT2D eigenvalue weighted by Crippen LogP contribution is 2.32. The van der Waals surface area contributed by atoms with Crippen LogP contribution in [0.2, 0.25) is 0 Å². The molecule has 0 aromatic heterocycles. The van der Waals surface area contributed by atoms with Crippen molar-refractivity contribution >= 4 is 28.8 Å². The number of carbonyl (C=O) groups is 2. The average Bonchev–Trinajstić information content (AvgIpc) is 2.95. The number of hydrogen-bond donors (Lipinski definition) is 1. The first-order valence-corrected chi connectivity index (χ1v) is 10.0. The quantitative estimate of drug-likeness (QED) is 0.393. The average molecular weight is 423 g/mol. The summed E-state index contributed by atoms with van der Waals surface area (Å²) in [5, 5.41) is 14.1. The van der Waals surface area contributed by atoms with Gasteiger partial charge in [0.15, 0.2) is 0 Å². The molecule has 1 heterocycles. The number of benzene rings is 2.